The number of benzene rings is 2. The van der Waals surface area contributed by atoms with Crippen LogP contribution in [0.25, 0.3) is 6.08 Å². The van der Waals surface area contributed by atoms with E-state index in [1.54, 1.807) is 30.3 Å². The summed E-state index contributed by atoms with van der Waals surface area (Å²) in [5, 5.41) is -0.546. The highest BCUT2D eigenvalue weighted by Crippen LogP contribution is 2.39. The normalized spacial score (nSPS) is 14.8. The largest absolute Gasteiger partial charge is 0.490 e. The van der Waals surface area contributed by atoms with Gasteiger partial charge in [0.2, 0.25) is 0 Å². The van der Waals surface area contributed by atoms with Gasteiger partial charge in [0, 0.05) is 0 Å². The van der Waals surface area contributed by atoms with E-state index < -0.39 is 23.7 Å². The van der Waals surface area contributed by atoms with Crippen LogP contribution in [-0.4, -0.2) is 42.3 Å². The average molecular weight is 524 g/mol. The number of thioether (sulfide) groups is 1. The van der Waals surface area contributed by atoms with Crippen molar-refractivity contribution in [2.75, 3.05) is 20.3 Å². The monoisotopic (exact) mass is 523 g/mol. The molecule has 1 saturated heterocycles. The van der Waals surface area contributed by atoms with Gasteiger partial charge < -0.3 is 14.2 Å². The van der Waals surface area contributed by atoms with Gasteiger partial charge in [0.25, 0.3) is 11.1 Å². The van der Waals surface area contributed by atoms with E-state index in [4.69, 9.17) is 9.47 Å². The zero-order valence-electron chi connectivity index (χ0n) is 17.2. The molecule has 10 heteroatoms. The van der Waals surface area contributed by atoms with Crippen molar-refractivity contribution in [1.82, 2.24) is 4.90 Å². The van der Waals surface area contributed by atoms with Gasteiger partial charge in [-0.1, -0.05) is 12.1 Å². The smallest absolute Gasteiger partial charge is 0.325 e. The summed E-state index contributed by atoms with van der Waals surface area (Å²) in [4.78, 5) is 37.1. The van der Waals surface area contributed by atoms with E-state index in [0.29, 0.717) is 28.1 Å². The molecule has 1 heterocycles. The molecule has 32 heavy (non-hydrogen) atoms. The first-order valence-electron chi connectivity index (χ1n) is 9.48. The van der Waals surface area contributed by atoms with E-state index in [2.05, 4.69) is 20.7 Å². The van der Waals surface area contributed by atoms with Gasteiger partial charge in [-0.05, 0) is 76.1 Å². The van der Waals surface area contributed by atoms with Gasteiger partial charge in [0.1, 0.15) is 19.0 Å². The number of hydrogen-bond acceptors (Lipinski definition) is 7. The number of nitrogens with zero attached hydrogens (tertiary/aromatic N) is 1. The van der Waals surface area contributed by atoms with Crippen LogP contribution in [0.1, 0.15) is 18.1 Å². The molecule has 0 aliphatic carbocycles. The van der Waals surface area contributed by atoms with E-state index in [0.717, 1.165) is 22.2 Å². The summed E-state index contributed by atoms with van der Waals surface area (Å²) in [5.41, 5.74) is 1.38. The number of esters is 1. The summed E-state index contributed by atoms with van der Waals surface area (Å²) in [6.45, 7) is 1.95. The first kappa shape index (κ1) is 23.8. The minimum absolute atomic E-state index is 0.174. The third-order valence-electron chi connectivity index (χ3n) is 4.31. The van der Waals surface area contributed by atoms with Crippen LogP contribution in [0.5, 0.6) is 11.5 Å². The van der Waals surface area contributed by atoms with Crippen LogP contribution in [0.3, 0.4) is 0 Å². The summed E-state index contributed by atoms with van der Waals surface area (Å²) in [6.07, 6.45) is 1.54. The van der Waals surface area contributed by atoms with Gasteiger partial charge in [-0.25, -0.2) is 4.39 Å². The van der Waals surface area contributed by atoms with E-state index in [1.165, 1.54) is 19.2 Å². The molecular formula is C22H19BrFNO6S. The summed E-state index contributed by atoms with van der Waals surface area (Å²) >= 11 is 4.20. The molecule has 0 aromatic heterocycles. The van der Waals surface area contributed by atoms with Gasteiger partial charge in [0.15, 0.2) is 11.5 Å². The number of hydrogen-bond donors (Lipinski definition) is 0. The molecule has 0 atom stereocenters. The van der Waals surface area contributed by atoms with Crippen molar-refractivity contribution in [1.29, 1.82) is 0 Å². The zero-order chi connectivity index (χ0) is 23.3. The van der Waals surface area contributed by atoms with Crippen LogP contribution in [0.15, 0.2) is 45.8 Å². The Kier molecular flexibility index (Phi) is 7.92. The van der Waals surface area contributed by atoms with Gasteiger partial charge in [-0.2, -0.15) is 0 Å². The second-order valence-corrected chi connectivity index (χ2v) is 8.37. The fraction of sp³-hybridized carbons (Fsp3) is 0.227. The summed E-state index contributed by atoms with van der Waals surface area (Å²) in [6, 6.07) is 9.37. The topological polar surface area (TPSA) is 82.1 Å². The first-order valence-corrected chi connectivity index (χ1v) is 11.1. The second-order valence-electron chi connectivity index (χ2n) is 6.52. The Morgan fingerprint density at radius 2 is 1.91 bits per heavy atom. The van der Waals surface area contributed by atoms with Crippen molar-refractivity contribution < 1.29 is 33.0 Å². The SMILES string of the molecule is CCOc1cc(/C=C2\SC(=O)N(CC(=O)OC)C2=O)cc(Br)c1OCc1ccc(F)cc1. The second kappa shape index (κ2) is 10.6. The Morgan fingerprint density at radius 1 is 1.19 bits per heavy atom. The number of carbonyl (C=O) groups excluding carboxylic acids is 3. The molecule has 2 aromatic carbocycles. The van der Waals surface area contributed by atoms with Crippen LogP contribution in [0.2, 0.25) is 0 Å². The average Bonchev–Trinajstić information content (AvgIpc) is 3.01. The van der Waals surface area contributed by atoms with Gasteiger partial charge >= 0.3 is 5.97 Å². The third kappa shape index (κ3) is 5.68. The number of carbonyl (C=O) groups is 3. The molecule has 0 spiro atoms. The molecule has 7 nitrogen and oxygen atoms in total. The quantitative estimate of drug-likeness (QED) is 0.363. The van der Waals surface area contributed by atoms with Crippen LogP contribution < -0.4 is 9.47 Å². The molecule has 2 amide bonds. The molecule has 1 aliphatic rings. The maximum absolute atomic E-state index is 13.1. The molecular weight excluding hydrogens is 505 g/mol. The lowest BCUT2D eigenvalue weighted by Crippen LogP contribution is -2.34. The Balaban J connectivity index is 1.83. The zero-order valence-corrected chi connectivity index (χ0v) is 19.6. The van der Waals surface area contributed by atoms with Crippen LogP contribution in [0.4, 0.5) is 9.18 Å². The molecule has 0 unspecified atom stereocenters. The molecule has 0 saturated carbocycles. The summed E-state index contributed by atoms with van der Waals surface area (Å²) in [5.74, 6) is -0.699. The van der Waals surface area contributed by atoms with Crippen molar-refractivity contribution in [2.45, 2.75) is 13.5 Å². The van der Waals surface area contributed by atoms with Gasteiger partial charge in [-0.15, -0.1) is 0 Å². The lowest BCUT2D eigenvalue weighted by atomic mass is 10.1. The Morgan fingerprint density at radius 3 is 2.56 bits per heavy atom. The lowest BCUT2D eigenvalue weighted by Gasteiger charge is -2.15. The predicted octanol–water partition coefficient (Wildman–Crippen LogP) is 4.78. The van der Waals surface area contributed by atoms with Crippen LogP contribution >= 0.6 is 27.7 Å². The van der Waals surface area contributed by atoms with Crippen LogP contribution in [0, 0.1) is 5.82 Å². The van der Waals surface area contributed by atoms with Gasteiger partial charge in [-0.3, -0.25) is 19.3 Å². The molecule has 0 N–H and O–H groups in total. The van der Waals surface area contributed by atoms with E-state index >= 15 is 0 Å². The van der Waals surface area contributed by atoms with E-state index in [-0.39, 0.29) is 17.3 Å². The van der Waals surface area contributed by atoms with E-state index in [1.807, 2.05) is 6.92 Å². The summed E-state index contributed by atoms with van der Waals surface area (Å²) in [7, 11) is 1.18. The minimum atomic E-state index is -0.683. The highest BCUT2D eigenvalue weighted by Gasteiger charge is 2.36. The molecule has 1 fully saturated rings. The Bertz CT molecular complexity index is 1070. The van der Waals surface area contributed by atoms with Gasteiger partial charge in [0.05, 0.1) is 23.1 Å². The van der Waals surface area contributed by atoms with Crippen molar-refractivity contribution in [3.8, 4) is 11.5 Å². The maximum atomic E-state index is 13.1. The molecule has 1 aliphatic heterocycles. The minimum Gasteiger partial charge on any atom is -0.490 e. The van der Waals surface area contributed by atoms with Crippen LogP contribution in [-0.2, 0) is 20.9 Å². The molecule has 3 rings (SSSR count). The number of amides is 2. The third-order valence-corrected chi connectivity index (χ3v) is 5.81. The van der Waals surface area contributed by atoms with E-state index in [9.17, 15) is 18.8 Å². The molecule has 168 valence electrons. The highest BCUT2D eigenvalue weighted by atomic mass is 79.9. The maximum Gasteiger partial charge on any atom is 0.325 e. The molecule has 2 aromatic rings. The number of methoxy groups -OCH3 is 1. The first-order chi connectivity index (χ1) is 15.3. The number of rotatable bonds is 8. The lowest BCUT2D eigenvalue weighted by molar-refractivity contribution is -0.143. The summed E-state index contributed by atoms with van der Waals surface area (Å²) < 4.78 is 29.8. The van der Waals surface area contributed by atoms with Crippen molar-refractivity contribution >= 4 is 50.9 Å². The fourth-order valence-corrected chi connectivity index (χ4v) is 4.20. The Labute approximate surface area is 196 Å². The van der Waals surface area contributed by atoms with Crippen molar-refractivity contribution in [2.24, 2.45) is 0 Å². The van der Waals surface area contributed by atoms with Crippen molar-refractivity contribution in [3.05, 3.63) is 62.7 Å². The fourth-order valence-electron chi connectivity index (χ4n) is 2.79. The number of halogens is 2. The van der Waals surface area contributed by atoms with Crippen molar-refractivity contribution in [3.63, 3.8) is 0 Å². The predicted molar refractivity (Wildman–Crippen MR) is 121 cm³/mol. The highest BCUT2D eigenvalue weighted by molar-refractivity contribution is 9.10. The standard InChI is InChI=1S/C22H19BrFNO6S/c1-3-30-17-9-14(10-18-21(27)25(22(28)32-18)11-19(26)29-2)8-16(23)20(17)31-12-13-4-6-15(24)7-5-13/h4-10H,3,11-12H2,1-2H3/b18-10-. The molecule has 0 bridgehead atoms. The Hall–Kier alpha value is -2.85. The number of ether oxygens (including phenoxy) is 3. The molecule has 0 radical (unpaired) electrons. The number of imide groups is 1.